The minimum atomic E-state index is -3.20. The Morgan fingerprint density at radius 3 is 2.71 bits per heavy atom. The van der Waals surface area contributed by atoms with E-state index >= 15 is 0 Å². The number of hydrogen-bond donors (Lipinski definition) is 1. The normalized spacial score (nSPS) is 27.1. The second kappa shape index (κ2) is 6.80. The van der Waals surface area contributed by atoms with Crippen molar-refractivity contribution in [3.05, 3.63) is 35.6 Å². The summed E-state index contributed by atoms with van der Waals surface area (Å²) in [6, 6.07) is 6.37. The molecule has 1 saturated carbocycles. The highest BCUT2D eigenvalue weighted by Gasteiger charge is 2.46. The van der Waals surface area contributed by atoms with Crippen LogP contribution in [0.3, 0.4) is 0 Å². The summed E-state index contributed by atoms with van der Waals surface area (Å²) in [6.45, 7) is 1.73. The lowest BCUT2D eigenvalue weighted by molar-refractivity contribution is -0.134. The van der Waals surface area contributed by atoms with E-state index in [4.69, 9.17) is 0 Å². The third-order valence-electron chi connectivity index (χ3n) is 4.87. The number of amides is 1. The fourth-order valence-electron chi connectivity index (χ4n) is 3.48. The minimum absolute atomic E-state index is 0.0166. The molecule has 0 unspecified atom stereocenters. The van der Waals surface area contributed by atoms with Crippen molar-refractivity contribution >= 4 is 15.9 Å². The summed E-state index contributed by atoms with van der Waals surface area (Å²) in [5.41, 5.74) is 1.02. The average Bonchev–Trinajstić information content (AvgIpc) is 3.33. The van der Waals surface area contributed by atoms with Crippen molar-refractivity contribution in [2.24, 2.45) is 11.8 Å². The average molecular weight is 354 g/mol. The summed E-state index contributed by atoms with van der Waals surface area (Å²) >= 11 is 0. The molecule has 1 aromatic rings. The molecular formula is C17H23FN2O3S. The number of nitrogens with one attached hydrogen (secondary N) is 1. The van der Waals surface area contributed by atoms with Gasteiger partial charge < -0.3 is 4.90 Å². The van der Waals surface area contributed by atoms with Crippen LogP contribution in [0.25, 0.3) is 0 Å². The highest BCUT2D eigenvalue weighted by Crippen LogP contribution is 2.48. The van der Waals surface area contributed by atoms with E-state index in [9.17, 15) is 17.6 Å². The number of hydrogen-bond acceptors (Lipinski definition) is 3. The van der Waals surface area contributed by atoms with Gasteiger partial charge in [-0.2, -0.15) is 0 Å². The van der Waals surface area contributed by atoms with Crippen molar-refractivity contribution in [2.75, 3.05) is 25.9 Å². The van der Waals surface area contributed by atoms with E-state index in [-0.39, 0.29) is 29.5 Å². The van der Waals surface area contributed by atoms with Gasteiger partial charge in [0, 0.05) is 25.6 Å². The Kier molecular flexibility index (Phi) is 4.92. The molecule has 1 heterocycles. The number of sulfonamides is 1. The maximum Gasteiger partial charge on any atom is 0.226 e. The van der Waals surface area contributed by atoms with Crippen molar-refractivity contribution in [1.82, 2.24) is 9.62 Å². The number of carbonyl (C=O) groups is 1. The number of piperidine rings is 1. The van der Waals surface area contributed by atoms with Gasteiger partial charge in [-0.1, -0.05) is 12.1 Å². The Bertz CT molecular complexity index is 705. The van der Waals surface area contributed by atoms with Gasteiger partial charge in [0.25, 0.3) is 0 Å². The third-order valence-corrected chi connectivity index (χ3v) is 5.56. The zero-order valence-corrected chi connectivity index (χ0v) is 14.6. The molecule has 0 spiro atoms. The molecular weight excluding hydrogens is 331 g/mol. The van der Waals surface area contributed by atoms with Crippen LogP contribution in [0.2, 0.25) is 0 Å². The molecule has 7 heteroatoms. The van der Waals surface area contributed by atoms with E-state index in [0.29, 0.717) is 13.1 Å². The van der Waals surface area contributed by atoms with Crippen molar-refractivity contribution in [3.63, 3.8) is 0 Å². The van der Waals surface area contributed by atoms with Gasteiger partial charge in [0.2, 0.25) is 15.9 Å². The van der Waals surface area contributed by atoms with Crippen LogP contribution in [0.1, 0.15) is 30.7 Å². The number of likely N-dealkylation sites (tertiary alicyclic amines) is 1. The Morgan fingerprint density at radius 2 is 2.04 bits per heavy atom. The first-order valence-electron chi connectivity index (χ1n) is 8.32. The van der Waals surface area contributed by atoms with Crippen LogP contribution in [-0.2, 0) is 14.8 Å². The van der Waals surface area contributed by atoms with Gasteiger partial charge in [-0.3, -0.25) is 4.79 Å². The molecule has 1 saturated heterocycles. The lowest BCUT2D eigenvalue weighted by atomic mass is 9.97. The van der Waals surface area contributed by atoms with Crippen molar-refractivity contribution < 1.29 is 17.6 Å². The summed E-state index contributed by atoms with van der Waals surface area (Å²) < 4.78 is 38.0. The van der Waals surface area contributed by atoms with Crippen LogP contribution < -0.4 is 4.72 Å². The molecule has 24 heavy (non-hydrogen) atoms. The topological polar surface area (TPSA) is 66.5 Å². The zero-order chi connectivity index (χ0) is 17.3. The number of halogens is 1. The van der Waals surface area contributed by atoms with Crippen molar-refractivity contribution in [2.45, 2.75) is 25.2 Å². The molecule has 5 nitrogen and oxygen atoms in total. The van der Waals surface area contributed by atoms with Crippen LogP contribution in [-0.4, -0.2) is 45.1 Å². The van der Waals surface area contributed by atoms with E-state index in [1.807, 2.05) is 4.90 Å². The van der Waals surface area contributed by atoms with Gasteiger partial charge >= 0.3 is 0 Å². The third kappa shape index (κ3) is 4.33. The summed E-state index contributed by atoms with van der Waals surface area (Å²) in [4.78, 5) is 14.5. The van der Waals surface area contributed by atoms with Gasteiger partial charge in [0.15, 0.2) is 0 Å². The smallest absolute Gasteiger partial charge is 0.226 e. The van der Waals surface area contributed by atoms with Crippen LogP contribution in [0.4, 0.5) is 4.39 Å². The summed E-state index contributed by atoms with van der Waals surface area (Å²) in [5.74, 6) is 0.220. The first-order valence-corrected chi connectivity index (χ1v) is 10.2. The standard InChI is InChI=1S/C17H23FN2O3S/c1-24(22,23)19-10-12-3-2-8-20(11-12)17(21)16-9-15(16)13-4-6-14(18)7-5-13/h4-7,12,15-16,19H,2-3,8-11H2,1H3/t12-,15-,16+/m0/s1. The molecule has 2 fully saturated rings. The highest BCUT2D eigenvalue weighted by atomic mass is 32.2. The monoisotopic (exact) mass is 354 g/mol. The fraction of sp³-hybridized carbons (Fsp3) is 0.588. The second-order valence-corrected chi connectivity index (χ2v) is 8.75. The zero-order valence-electron chi connectivity index (χ0n) is 13.7. The van der Waals surface area contributed by atoms with E-state index < -0.39 is 10.0 Å². The number of nitrogens with zero attached hydrogens (tertiary/aromatic N) is 1. The molecule has 0 radical (unpaired) electrons. The highest BCUT2D eigenvalue weighted by molar-refractivity contribution is 7.88. The molecule has 1 aliphatic heterocycles. The maximum absolute atomic E-state index is 13.0. The molecule has 132 valence electrons. The van der Waals surface area contributed by atoms with Gasteiger partial charge in [-0.15, -0.1) is 0 Å². The maximum atomic E-state index is 13.0. The van der Waals surface area contributed by atoms with Crippen LogP contribution in [0.15, 0.2) is 24.3 Å². The molecule has 0 bridgehead atoms. The van der Waals surface area contributed by atoms with Crippen LogP contribution in [0.5, 0.6) is 0 Å². The predicted molar refractivity (Wildman–Crippen MR) is 89.4 cm³/mol. The quantitative estimate of drug-likeness (QED) is 0.875. The molecule has 1 N–H and O–H groups in total. The summed E-state index contributed by atoms with van der Waals surface area (Å²) in [5, 5.41) is 0. The van der Waals surface area contributed by atoms with E-state index in [2.05, 4.69) is 4.72 Å². The van der Waals surface area contributed by atoms with Gasteiger partial charge in [-0.25, -0.2) is 17.5 Å². The van der Waals surface area contributed by atoms with Gasteiger partial charge in [-0.05, 0) is 48.8 Å². The van der Waals surface area contributed by atoms with E-state index in [1.54, 1.807) is 12.1 Å². The predicted octanol–water partition coefficient (Wildman–Crippen LogP) is 1.72. The van der Waals surface area contributed by atoms with Gasteiger partial charge in [0.1, 0.15) is 5.82 Å². The second-order valence-electron chi connectivity index (χ2n) is 6.91. The van der Waals surface area contributed by atoms with Crippen molar-refractivity contribution in [3.8, 4) is 0 Å². The Balaban J connectivity index is 1.55. The molecule has 2 aliphatic rings. The summed E-state index contributed by atoms with van der Waals surface area (Å²) in [6.07, 6.45) is 3.79. The number of rotatable bonds is 5. The largest absolute Gasteiger partial charge is 0.342 e. The molecule has 3 rings (SSSR count). The van der Waals surface area contributed by atoms with Crippen molar-refractivity contribution in [1.29, 1.82) is 0 Å². The fourth-order valence-corrected chi connectivity index (χ4v) is 4.02. The molecule has 0 aromatic heterocycles. The number of carbonyl (C=O) groups excluding carboxylic acids is 1. The minimum Gasteiger partial charge on any atom is -0.342 e. The Labute approximate surface area is 142 Å². The molecule has 1 amide bonds. The lowest BCUT2D eigenvalue weighted by Crippen LogP contribution is -2.44. The summed E-state index contributed by atoms with van der Waals surface area (Å²) in [7, 11) is -3.20. The molecule has 3 atom stereocenters. The SMILES string of the molecule is CS(=O)(=O)NC[C@@H]1CCCN(C(=O)[C@@H]2C[C@H]2c2ccc(F)cc2)C1. The molecule has 1 aromatic carbocycles. The Morgan fingerprint density at radius 1 is 1.33 bits per heavy atom. The molecule has 1 aliphatic carbocycles. The number of benzene rings is 1. The van der Waals surface area contributed by atoms with E-state index in [1.165, 1.54) is 12.1 Å². The first-order chi connectivity index (χ1) is 11.3. The lowest BCUT2D eigenvalue weighted by Gasteiger charge is -2.33. The van der Waals surface area contributed by atoms with E-state index in [0.717, 1.165) is 37.6 Å². The first kappa shape index (κ1) is 17.4. The van der Waals surface area contributed by atoms with Gasteiger partial charge in [0.05, 0.1) is 6.26 Å². The van der Waals surface area contributed by atoms with Crippen LogP contribution in [0, 0.1) is 17.7 Å². The Hall–Kier alpha value is -1.47. The van der Waals surface area contributed by atoms with Crippen LogP contribution >= 0.6 is 0 Å².